The quantitative estimate of drug-likeness (QED) is 0.774. The van der Waals surface area contributed by atoms with Gasteiger partial charge in [-0.3, -0.25) is 0 Å². The lowest BCUT2D eigenvalue weighted by Gasteiger charge is -2.27. The molecule has 0 aromatic rings. The Labute approximate surface area is 87.2 Å². The predicted molar refractivity (Wildman–Crippen MR) is 54.3 cm³/mol. The van der Waals surface area contributed by atoms with Gasteiger partial charge < -0.3 is 4.74 Å². The molecule has 1 saturated heterocycles. The van der Waals surface area contributed by atoms with Crippen LogP contribution in [0.1, 0.15) is 19.8 Å². The van der Waals surface area contributed by atoms with Crippen LogP contribution in [0.5, 0.6) is 0 Å². The van der Waals surface area contributed by atoms with E-state index in [-0.39, 0.29) is 16.8 Å². The average molecular weight is 272 g/mol. The summed E-state index contributed by atoms with van der Waals surface area (Å²) in [6.45, 7) is 2.59. The fourth-order valence-electron chi connectivity index (χ4n) is 1.39. The third-order valence-electron chi connectivity index (χ3n) is 1.97. The van der Waals surface area contributed by atoms with E-state index < -0.39 is 10.0 Å². The number of hydrogen-bond donors (Lipinski definition) is 1. The molecule has 0 radical (unpaired) electrons. The van der Waals surface area contributed by atoms with Gasteiger partial charge in [-0.1, -0.05) is 15.9 Å². The number of halogens is 1. The number of sulfonamides is 1. The van der Waals surface area contributed by atoms with Crippen molar-refractivity contribution in [3.8, 4) is 0 Å². The van der Waals surface area contributed by atoms with Crippen molar-refractivity contribution in [2.24, 2.45) is 0 Å². The fraction of sp³-hybridized carbons (Fsp3) is 1.00. The molecule has 0 saturated carbocycles. The van der Waals surface area contributed by atoms with Crippen LogP contribution in [0.2, 0.25) is 0 Å². The number of hydrogen-bond acceptors (Lipinski definition) is 3. The molecule has 2 atom stereocenters. The van der Waals surface area contributed by atoms with Crippen molar-refractivity contribution in [3.05, 3.63) is 0 Å². The van der Waals surface area contributed by atoms with Crippen LogP contribution in [-0.2, 0) is 14.8 Å². The number of alkyl halides is 1. The van der Waals surface area contributed by atoms with Gasteiger partial charge in [-0.25, -0.2) is 13.1 Å². The first-order valence-electron chi connectivity index (χ1n) is 4.21. The highest BCUT2D eigenvalue weighted by molar-refractivity contribution is 9.10. The minimum absolute atomic E-state index is 0.0336. The normalized spacial score (nSPS) is 30.3. The maximum atomic E-state index is 11.2. The SMILES string of the molecule is CC1CC(NS(=O)(=O)CBr)CCO1. The summed E-state index contributed by atoms with van der Waals surface area (Å²) in [5.41, 5.74) is 0. The van der Waals surface area contributed by atoms with Gasteiger partial charge in [-0.05, 0) is 19.8 Å². The molecule has 0 aliphatic carbocycles. The molecule has 1 aliphatic rings. The summed E-state index contributed by atoms with van der Waals surface area (Å²) in [4.78, 5) is 0. The van der Waals surface area contributed by atoms with Crippen LogP contribution in [0, 0.1) is 0 Å². The van der Waals surface area contributed by atoms with E-state index in [1.807, 2.05) is 6.92 Å². The van der Waals surface area contributed by atoms with Crippen molar-refractivity contribution in [1.29, 1.82) is 0 Å². The molecule has 0 spiro atoms. The Balaban J connectivity index is 2.45. The summed E-state index contributed by atoms with van der Waals surface area (Å²) >= 11 is 2.93. The summed E-state index contributed by atoms with van der Waals surface area (Å²) < 4.78 is 30.2. The van der Waals surface area contributed by atoms with Gasteiger partial charge in [-0.2, -0.15) is 0 Å². The smallest absolute Gasteiger partial charge is 0.221 e. The van der Waals surface area contributed by atoms with E-state index in [1.165, 1.54) is 0 Å². The van der Waals surface area contributed by atoms with Crippen molar-refractivity contribution in [2.45, 2.75) is 31.9 Å². The lowest BCUT2D eigenvalue weighted by atomic mass is 10.1. The highest BCUT2D eigenvalue weighted by Gasteiger charge is 2.22. The molecule has 1 heterocycles. The molecule has 1 fully saturated rings. The van der Waals surface area contributed by atoms with Crippen molar-refractivity contribution in [3.63, 3.8) is 0 Å². The van der Waals surface area contributed by atoms with E-state index in [0.29, 0.717) is 6.61 Å². The molecule has 0 amide bonds. The molecule has 78 valence electrons. The highest BCUT2D eigenvalue weighted by Crippen LogP contribution is 2.14. The predicted octanol–water partition coefficient (Wildman–Crippen LogP) is 0.826. The third kappa shape index (κ3) is 3.93. The van der Waals surface area contributed by atoms with Crippen LogP contribution in [0.25, 0.3) is 0 Å². The van der Waals surface area contributed by atoms with Crippen molar-refractivity contribution < 1.29 is 13.2 Å². The van der Waals surface area contributed by atoms with E-state index >= 15 is 0 Å². The van der Waals surface area contributed by atoms with Gasteiger partial charge in [0.2, 0.25) is 10.0 Å². The second kappa shape index (κ2) is 4.72. The lowest BCUT2D eigenvalue weighted by molar-refractivity contribution is 0.0173. The van der Waals surface area contributed by atoms with Crippen molar-refractivity contribution in [2.75, 3.05) is 11.3 Å². The standard InChI is InChI=1S/C7H14BrNO3S/c1-6-4-7(2-3-12-6)9-13(10,11)5-8/h6-7,9H,2-5H2,1H3. The average Bonchev–Trinajstić information content (AvgIpc) is 2.03. The van der Waals surface area contributed by atoms with Crippen molar-refractivity contribution >= 4 is 26.0 Å². The zero-order valence-corrected chi connectivity index (χ0v) is 9.90. The zero-order chi connectivity index (χ0) is 9.90. The molecule has 2 unspecified atom stereocenters. The van der Waals surface area contributed by atoms with Gasteiger partial charge >= 0.3 is 0 Å². The van der Waals surface area contributed by atoms with Gasteiger partial charge in [0.15, 0.2) is 0 Å². The molecule has 1 rings (SSSR count). The molecule has 0 aromatic heterocycles. The van der Waals surface area contributed by atoms with Gasteiger partial charge in [0.05, 0.1) is 6.10 Å². The first kappa shape index (κ1) is 11.4. The fourth-order valence-corrected chi connectivity index (χ4v) is 2.57. The monoisotopic (exact) mass is 271 g/mol. The Morgan fingerprint density at radius 2 is 2.31 bits per heavy atom. The van der Waals surface area contributed by atoms with Gasteiger partial charge in [0.1, 0.15) is 4.66 Å². The molecule has 0 aromatic carbocycles. The van der Waals surface area contributed by atoms with Crippen LogP contribution in [0.15, 0.2) is 0 Å². The molecule has 6 heteroatoms. The number of nitrogens with one attached hydrogen (secondary N) is 1. The highest BCUT2D eigenvalue weighted by atomic mass is 79.9. The van der Waals surface area contributed by atoms with E-state index in [0.717, 1.165) is 12.8 Å². The molecular formula is C7H14BrNO3S. The first-order valence-corrected chi connectivity index (χ1v) is 6.98. The van der Waals surface area contributed by atoms with Crippen LogP contribution in [0.3, 0.4) is 0 Å². The minimum atomic E-state index is -3.13. The van der Waals surface area contributed by atoms with E-state index in [1.54, 1.807) is 0 Å². The minimum Gasteiger partial charge on any atom is -0.378 e. The van der Waals surface area contributed by atoms with Crippen LogP contribution >= 0.6 is 15.9 Å². The third-order valence-corrected chi connectivity index (χ3v) is 4.76. The van der Waals surface area contributed by atoms with Crippen LogP contribution in [-0.4, -0.2) is 31.8 Å². The van der Waals surface area contributed by atoms with Crippen molar-refractivity contribution in [1.82, 2.24) is 4.72 Å². The van der Waals surface area contributed by atoms with Crippen LogP contribution < -0.4 is 4.72 Å². The first-order chi connectivity index (χ1) is 6.03. The summed E-state index contributed by atoms with van der Waals surface area (Å²) in [7, 11) is -3.13. The summed E-state index contributed by atoms with van der Waals surface area (Å²) in [5.74, 6) is 0. The Morgan fingerprint density at radius 1 is 1.62 bits per heavy atom. The van der Waals surface area contributed by atoms with E-state index in [4.69, 9.17) is 4.74 Å². The zero-order valence-electron chi connectivity index (χ0n) is 7.49. The van der Waals surface area contributed by atoms with Gasteiger partial charge in [-0.15, -0.1) is 0 Å². The maximum Gasteiger partial charge on any atom is 0.221 e. The molecular weight excluding hydrogens is 258 g/mol. The Bertz CT molecular complexity index is 254. The largest absolute Gasteiger partial charge is 0.378 e. The van der Waals surface area contributed by atoms with E-state index in [9.17, 15) is 8.42 Å². The number of ether oxygens (including phenoxy) is 1. The second-order valence-electron chi connectivity index (χ2n) is 3.24. The topological polar surface area (TPSA) is 55.4 Å². The molecule has 1 aliphatic heterocycles. The van der Waals surface area contributed by atoms with Crippen LogP contribution in [0.4, 0.5) is 0 Å². The summed E-state index contributed by atoms with van der Waals surface area (Å²) in [6, 6.07) is 0.0336. The Morgan fingerprint density at radius 3 is 2.85 bits per heavy atom. The molecule has 4 nitrogen and oxygen atoms in total. The Kier molecular flexibility index (Phi) is 4.15. The second-order valence-corrected chi connectivity index (χ2v) is 6.30. The molecule has 0 bridgehead atoms. The summed E-state index contributed by atoms with van der Waals surface area (Å²) in [6.07, 6.45) is 1.67. The van der Waals surface area contributed by atoms with Gasteiger partial charge in [0.25, 0.3) is 0 Å². The molecule has 13 heavy (non-hydrogen) atoms. The number of rotatable bonds is 3. The Hall–Kier alpha value is 0.350. The molecule has 1 N–H and O–H groups in total. The van der Waals surface area contributed by atoms with E-state index in [2.05, 4.69) is 20.7 Å². The lowest BCUT2D eigenvalue weighted by Crippen LogP contribution is -2.41. The summed E-state index contributed by atoms with van der Waals surface area (Å²) in [5, 5.41) is 0. The maximum absolute atomic E-state index is 11.2. The van der Waals surface area contributed by atoms with Gasteiger partial charge in [0, 0.05) is 12.6 Å².